The predicted molar refractivity (Wildman–Crippen MR) is 41.6 cm³/mol. The van der Waals surface area contributed by atoms with Crippen LogP contribution >= 0.6 is 12.2 Å². The Labute approximate surface area is 59.7 Å². The molecule has 1 nitrogen and oxygen atoms in total. The molecule has 0 radical (unpaired) electrons. The van der Waals surface area contributed by atoms with Crippen LogP contribution in [0.1, 0.15) is 12.5 Å². The fraction of sp³-hybridized carbons (Fsp3) is 0.143. The fourth-order valence-electron chi connectivity index (χ4n) is 0.571. The Morgan fingerprint density at radius 3 is 2.78 bits per heavy atom. The van der Waals surface area contributed by atoms with Gasteiger partial charge in [-0.05, 0) is 13.0 Å². The van der Waals surface area contributed by atoms with Crippen molar-refractivity contribution in [3.8, 4) is 0 Å². The number of rotatable bonds is 1. The van der Waals surface area contributed by atoms with Crippen molar-refractivity contribution in [3.63, 3.8) is 0 Å². The van der Waals surface area contributed by atoms with E-state index >= 15 is 0 Å². The molecule has 0 spiro atoms. The van der Waals surface area contributed by atoms with Gasteiger partial charge in [0.2, 0.25) is 0 Å². The normalized spacial score (nSPS) is 9.00. The van der Waals surface area contributed by atoms with E-state index in [0.29, 0.717) is 0 Å². The molecule has 0 aliphatic carbocycles. The Kier molecular flexibility index (Phi) is 1.90. The summed E-state index contributed by atoms with van der Waals surface area (Å²) in [6, 6.07) is 3.83. The van der Waals surface area contributed by atoms with Crippen molar-refractivity contribution in [2.24, 2.45) is 0 Å². The van der Waals surface area contributed by atoms with Crippen LogP contribution in [0.15, 0.2) is 24.5 Å². The molecular formula is C7H7NS. The molecule has 0 N–H and O–H groups in total. The van der Waals surface area contributed by atoms with Gasteiger partial charge in [0.05, 0.1) is 0 Å². The van der Waals surface area contributed by atoms with Crippen molar-refractivity contribution in [2.45, 2.75) is 6.92 Å². The Hall–Kier alpha value is -0.760. The highest BCUT2D eigenvalue weighted by molar-refractivity contribution is 7.80. The number of aromatic nitrogens is 1. The highest BCUT2D eigenvalue weighted by Gasteiger charge is 1.89. The molecule has 2 heteroatoms. The zero-order valence-electron chi connectivity index (χ0n) is 5.16. The van der Waals surface area contributed by atoms with Crippen LogP contribution in [0.4, 0.5) is 0 Å². The van der Waals surface area contributed by atoms with E-state index in [-0.39, 0.29) is 0 Å². The third-order valence-corrected chi connectivity index (χ3v) is 1.30. The van der Waals surface area contributed by atoms with Crippen molar-refractivity contribution in [2.75, 3.05) is 0 Å². The predicted octanol–water partition coefficient (Wildman–Crippen LogP) is 1.82. The van der Waals surface area contributed by atoms with E-state index in [1.54, 1.807) is 12.4 Å². The van der Waals surface area contributed by atoms with Crippen LogP contribution in [-0.2, 0) is 0 Å². The third-order valence-electron chi connectivity index (χ3n) is 1.07. The highest BCUT2D eigenvalue weighted by atomic mass is 32.1. The number of hydrogen-bond donors (Lipinski definition) is 0. The van der Waals surface area contributed by atoms with E-state index in [1.165, 1.54) is 0 Å². The van der Waals surface area contributed by atoms with E-state index in [9.17, 15) is 0 Å². The molecule has 46 valence electrons. The first-order valence-electron chi connectivity index (χ1n) is 2.71. The van der Waals surface area contributed by atoms with Gasteiger partial charge in [0.25, 0.3) is 0 Å². The molecule has 1 heterocycles. The lowest BCUT2D eigenvalue weighted by atomic mass is 10.2. The van der Waals surface area contributed by atoms with Gasteiger partial charge in [0, 0.05) is 22.8 Å². The van der Waals surface area contributed by atoms with Crippen molar-refractivity contribution >= 4 is 17.1 Å². The second kappa shape index (κ2) is 2.69. The van der Waals surface area contributed by atoms with Crippen LogP contribution in [0.2, 0.25) is 0 Å². The van der Waals surface area contributed by atoms with Gasteiger partial charge in [-0.15, -0.1) is 0 Å². The minimum atomic E-state index is 0.892. The molecule has 0 saturated heterocycles. The van der Waals surface area contributed by atoms with Crippen LogP contribution in [-0.4, -0.2) is 9.85 Å². The zero-order valence-corrected chi connectivity index (χ0v) is 5.98. The molecule has 1 aromatic heterocycles. The lowest BCUT2D eigenvalue weighted by Gasteiger charge is -1.91. The van der Waals surface area contributed by atoms with Crippen LogP contribution < -0.4 is 0 Å². The maximum Gasteiger partial charge on any atom is 0.0351 e. The fourth-order valence-corrected chi connectivity index (χ4v) is 0.692. The molecule has 1 rings (SSSR count). The van der Waals surface area contributed by atoms with Crippen LogP contribution in [0.5, 0.6) is 0 Å². The molecule has 0 amide bonds. The van der Waals surface area contributed by atoms with Gasteiger partial charge in [-0.1, -0.05) is 18.3 Å². The molecule has 0 bridgehead atoms. The van der Waals surface area contributed by atoms with E-state index < -0.39 is 0 Å². The summed E-state index contributed by atoms with van der Waals surface area (Å²) in [4.78, 5) is 4.81. The largest absolute Gasteiger partial charge is 0.264 e. The van der Waals surface area contributed by atoms with E-state index in [2.05, 4.69) is 4.98 Å². The summed E-state index contributed by atoms with van der Waals surface area (Å²) in [5.74, 6) is 0. The van der Waals surface area contributed by atoms with Crippen LogP contribution in [0, 0.1) is 0 Å². The summed E-state index contributed by atoms with van der Waals surface area (Å²) < 4.78 is 0. The van der Waals surface area contributed by atoms with Gasteiger partial charge in [-0.3, -0.25) is 4.98 Å². The molecule has 0 aromatic carbocycles. The molecule has 0 aliphatic heterocycles. The monoisotopic (exact) mass is 137 g/mol. The van der Waals surface area contributed by atoms with Gasteiger partial charge in [0.15, 0.2) is 0 Å². The Bertz CT molecular complexity index is 205. The molecular weight excluding hydrogens is 130 g/mol. The van der Waals surface area contributed by atoms with Crippen LogP contribution in [0.25, 0.3) is 0 Å². The summed E-state index contributed by atoms with van der Waals surface area (Å²) in [6.07, 6.45) is 3.50. The molecule has 0 fully saturated rings. The lowest BCUT2D eigenvalue weighted by molar-refractivity contribution is 1.32. The average molecular weight is 137 g/mol. The van der Waals surface area contributed by atoms with E-state index in [0.717, 1.165) is 10.4 Å². The first-order chi connectivity index (χ1) is 4.30. The Balaban J connectivity index is 2.98. The SMILES string of the molecule is CC(=S)c1cccnc1. The molecule has 0 saturated carbocycles. The minimum absolute atomic E-state index is 0.892. The maximum absolute atomic E-state index is 4.92. The Morgan fingerprint density at radius 1 is 1.67 bits per heavy atom. The highest BCUT2D eigenvalue weighted by Crippen LogP contribution is 1.96. The summed E-state index contributed by atoms with van der Waals surface area (Å²) in [6.45, 7) is 1.90. The van der Waals surface area contributed by atoms with Gasteiger partial charge in [-0.2, -0.15) is 0 Å². The number of nitrogens with zero attached hydrogens (tertiary/aromatic N) is 1. The first-order valence-corrected chi connectivity index (χ1v) is 3.12. The first kappa shape index (κ1) is 6.36. The number of pyridine rings is 1. The minimum Gasteiger partial charge on any atom is -0.264 e. The zero-order chi connectivity index (χ0) is 6.69. The molecule has 0 aliphatic rings. The van der Waals surface area contributed by atoms with Crippen molar-refractivity contribution in [1.82, 2.24) is 4.98 Å². The molecule has 0 atom stereocenters. The number of hydrogen-bond acceptors (Lipinski definition) is 2. The van der Waals surface area contributed by atoms with Crippen molar-refractivity contribution in [3.05, 3.63) is 30.1 Å². The van der Waals surface area contributed by atoms with E-state index in [1.807, 2.05) is 19.1 Å². The summed E-state index contributed by atoms with van der Waals surface area (Å²) in [7, 11) is 0. The Morgan fingerprint density at radius 2 is 2.44 bits per heavy atom. The summed E-state index contributed by atoms with van der Waals surface area (Å²) in [5.41, 5.74) is 1.03. The van der Waals surface area contributed by atoms with Gasteiger partial charge < -0.3 is 0 Å². The van der Waals surface area contributed by atoms with Crippen LogP contribution in [0.3, 0.4) is 0 Å². The molecule has 9 heavy (non-hydrogen) atoms. The summed E-state index contributed by atoms with van der Waals surface area (Å²) >= 11 is 4.92. The van der Waals surface area contributed by atoms with Gasteiger partial charge >= 0.3 is 0 Å². The topological polar surface area (TPSA) is 12.9 Å². The average Bonchev–Trinajstić information content (AvgIpc) is 1.90. The molecule has 1 aromatic rings. The lowest BCUT2D eigenvalue weighted by Crippen LogP contribution is -1.88. The second-order valence-corrected chi connectivity index (χ2v) is 2.41. The number of thiocarbonyl (C=S) groups is 1. The van der Waals surface area contributed by atoms with Gasteiger partial charge in [-0.25, -0.2) is 0 Å². The smallest absolute Gasteiger partial charge is 0.0351 e. The second-order valence-electron chi connectivity index (χ2n) is 1.80. The maximum atomic E-state index is 4.92. The van der Waals surface area contributed by atoms with Gasteiger partial charge in [0.1, 0.15) is 0 Å². The van der Waals surface area contributed by atoms with E-state index in [4.69, 9.17) is 12.2 Å². The van der Waals surface area contributed by atoms with Crippen molar-refractivity contribution in [1.29, 1.82) is 0 Å². The molecule has 0 unspecified atom stereocenters. The standard InChI is InChI=1S/C7H7NS/c1-6(9)7-3-2-4-8-5-7/h2-5H,1H3. The third kappa shape index (κ3) is 1.57. The summed E-state index contributed by atoms with van der Waals surface area (Å²) in [5, 5.41) is 0. The van der Waals surface area contributed by atoms with Crippen molar-refractivity contribution < 1.29 is 0 Å². The quantitative estimate of drug-likeness (QED) is 0.432.